The van der Waals surface area contributed by atoms with E-state index >= 15 is 0 Å². The van der Waals surface area contributed by atoms with Crippen molar-refractivity contribution in [2.75, 3.05) is 19.4 Å². The van der Waals surface area contributed by atoms with E-state index in [1.807, 2.05) is 54.6 Å². The molecule has 0 heterocycles. The zero-order valence-electron chi connectivity index (χ0n) is 17.8. The predicted molar refractivity (Wildman–Crippen MR) is 127 cm³/mol. The SMILES string of the molecule is CN(C(=O)OCC1c2ccccc2-c2ccccc21)[C@@H](CSCc1ccccc1)C(=O)O. The maximum Gasteiger partial charge on any atom is 0.410 e. The molecule has 0 unspecified atom stereocenters. The number of hydrogen-bond donors (Lipinski definition) is 1. The summed E-state index contributed by atoms with van der Waals surface area (Å²) >= 11 is 1.48. The molecule has 1 atom stereocenters. The van der Waals surface area contributed by atoms with E-state index < -0.39 is 18.1 Å². The highest BCUT2D eigenvalue weighted by molar-refractivity contribution is 7.98. The summed E-state index contributed by atoms with van der Waals surface area (Å²) in [5.41, 5.74) is 5.66. The Labute approximate surface area is 192 Å². The number of carboxylic acid groups (broad SMARTS) is 1. The summed E-state index contributed by atoms with van der Waals surface area (Å²) in [6.07, 6.45) is -0.625. The van der Waals surface area contributed by atoms with Crippen LogP contribution < -0.4 is 0 Å². The molecule has 1 aliphatic carbocycles. The van der Waals surface area contributed by atoms with Gasteiger partial charge in [-0.3, -0.25) is 4.90 Å². The van der Waals surface area contributed by atoms with Crippen molar-refractivity contribution in [3.8, 4) is 11.1 Å². The molecule has 0 saturated heterocycles. The van der Waals surface area contributed by atoms with Gasteiger partial charge in [-0.05, 0) is 27.8 Å². The summed E-state index contributed by atoms with van der Waals surface area (Å²) in [7, 11) is 1.49. The summed E-state index contributed by atoms with van der Waals surface area (Å²) in [4.78, 5) is 25.7. The predicted octanol–water partition coefficient (Wildman–Crippen LogP) is 5.25. The summed E-state index contributed by atoms with van der Waals surface area (Å²) < 4.78 is 5.61. The van der Waals surface area contributed by atoms with E-state index in [1.165, 1.54) is 23.7 Å². The topological polar surface area (TPSA) is 66.8 Å². The molecule has 0 radical (unpaired) electrons. The number of carbonyl (C=O) groups is 2. The number of fused-ring (bicyclic) bond motifs is 3. The van der Waals surface area contributed by atoms with Gasteiger partial charge in [0.2, 0.25) is 0 Å². The number of likely N-dealkylation sites (N-methyl/N-ethyl adjacent to an activating group) is 1. The van der Waals surface area contributed by atoms with Crippen molar-refractivity contribution < 1.29 is 19.4 Å². The number of hydrogen-bond acceptors (Lipinski definition) is 4. The lowest BCUT2D eigenvalue weighted by atomic mass is 9.98. The van der Waals surface area contributed by atoms with E-state index in [0.717, 1.165) is 27.8 Å². The highest BCUT2D eigenvalue weighted by Gasteiger charge is 2.31. The van der Waals surface area contributed by atoms with Crippen LogP contribution in [-0.2, 0) is 15.3 Å². The van der Waals surface area contributed by atoms with Crippen molar-refractivity contribution in [3.05, 3.63) is 95.6 Å². The van der Waals surface area contributed by atoms with Gasteiger partial charge in [-0.25, -0.2) is 9.59 Å². The summed E-state index contributed by atoms with van der Waals surface area (Å²) in [5.74, 6) is -0.134. The second-order valence-corrected chi connectivity index (χ2v) is 8.80. The third kappa shape index (κ3) is 4.65. The Hall–Kier alpha value is -3.25. The van der Waals surface area contributed by atoms with Gasteiger partial charge in [0, 0.05) is 24.5 Å². The van der Waals surface area contributed by atoms with E-state index in [4.69, 9.17) is 4.74 Å². The molecule has 32 heavy (non-hydrogen) atoms. The number of carbonyl (C=O) groups excluding carboxylic acids is 1. The number of nitrogens with zero attached hydrogens (tertiary/aromatic N) is 1. The zero-order chi connectivity index (χ0) is 22.5. The van der Waals surface area contributed by atoms with Crippen LogP contribution in [0.15, 0.2) is 78.9 Å². The molecule has 0 aromatic heterocycles. The molecule has 1 aliphatic rings. The lowest BCUT2D eigenvalue weighted by Gasteiger charge is -2.25. The number of ether oxygens (including phenoxy) is 1. The third-order valence-electron chi connectivity index (χ3n) is 5.76. The van der Waals surface area contributed by atoms with Gasteiger partial charge in [0.15, 0.2) is 0 Å². The lowest BCUT2D eigenvalue weighted by Crippen LogP contribution is -2.44. The number of benzene rings is 3. The first kappa shape index (κ1) is 22.0. The number of thioether (sulfide) groups is 1. The van der Waals surface area contributed by atoms with E-state index in [2.05, 4.69) is 24.3 Å². The maximum atomic E-state index is 12.7. The Bertz CT molecular complexity index is 1060. The molecule has 5 nitrogen and oxygen atoms in total. The van der Waals surface area contributed by atoms with Crippen LogP contribution in [0.1, 0.15) is 22.6 Å². The Balaban J connectivity index is 1.39. The molecule has 0 bridgehead atoms. The molecular weight excluding hydrogens is 422 g/mol. The van der Waals surface area contributed by atoms with Gasteiger partial charge >= 0.3 is 12.1 Å². The quantitative estimate of drug-likeness (QED) is 0.511. The fraction of sp³-hybridized carbons (Fsp3) is 0.231. The van der Waals surface area contributed by atoms with Crippen LogP contribution in [0, 0.1) is 0 Å². The fourth-order valence-corrected chi connectivity index (χ4v) is 5.17. The average Bonchev–Trinajstić information content (AvgIpc) is 3.14. The molecule has 4 rings (SSSR count). The van der Waals surface area contributed by atoms with Crippen LogP contribution in [-0.4, -0.2) is 47.5 Å². The molecule has 1 N–H and O–H groups in total. The first-order valence-corrected chi connectivity index (χ1v) is 11.6. The van der Waals surface area contributed by atoms with E-state index in [9.17, 15) is 14.7 Å². The summed E-state index contributed by atoms with van der Waals surface area (Å²) in [6.45, 7) is 0.167. The van der Waals surface area contributed by atoms with Gasteiger partial charge in [0.25, 0.3) is 0 Å². The Morgan fingerprint density at radius 1 is 0.938 bits per heavy atom. The molecule has 164 valence electrons. The van der Waals surface area contributed by atoms with Gasteiger partial charge in [-0.15, -0.1) is 0 Å². The highest BCUT2D eigenvalue weighted by atomic mass is 32.2. The average molecular weight is 448 g/mol. The smallest absolute Gasteiger partial charge is 0.410 e. The number of amides is 1. The van der Waals surface area contributed by atoms with Crippen molar-refractivity contribution in [1.82, 2.24) is 4.90 Å². The van der Waals surface area contributed by atoms with E-state index in [-0.39, 0.29) is 18.3 Å². The molecule has 0 saturated carbocycles. The lowest BCUT2D eigenvalue weighted by molar-refractivity contribution is -0.141. The van der Waals surface area contributed by atoms with Gasteiger partial charge in [0.1, 0.15) is 12.6 Å². The Kier molecular flexibility index (Phi) is 6.81. The number of aliphatic carboxylic acids is 1. The monoisotopic (exact) mass is 447 g/mol. The van der Waals surface area contributed by atoms with Crippen LogP contribution in [0.3, 0.4) is 0 Å². The molecule has 6 heteroatoms. The molecule has 0 aliphatic heterocycles. The van der Waals surface area contributed by atoms with Gasteiger partial charge in [-0.2, -0.15) is 11.8 Å². The molecule has 0 spiro atoms. The van der Waals surface area contributed by atoms with Crippen molar-refractivity contribution in [2.24, 2.45) is 0 Å². The minimum absolute atomic E-state index is 0.0597. The Morgan fingerprint density at radius 2 is 1.50 bits per heavy atom. The zero-order valence-corrected chi connectivity index (χ0v) is 18.6. The normalized spacial score (nSPS) is 13.2. The summed E-state index contributed by atoms with van der Waals surface area (Å²) in [5, 5.41) is 9.67. The fourth-order valence-electron chi connectivity index (χ4n) is 4.03. The molecule has 3 aromatic carbocycles. The van der Waals surface area contributed by atoms with Gasteiger partial charge in [0.05, 0.1) is 0 Å². The van der Waals surface area contributed by atoms with Crippen LogP contribution in [0.25, 0.3) is 11.1 Å². The third-order valence-corrected chi connectivity index (χ3v) is 6.85. The molecule has 0 fully saturated rings. The standard InChI is InChI=1S/C26H25NO4S/c1-27(24(25(28)29)17-32-16-18-9-3-2-4-10-18)26(30)31-15-23-21-13-7-5-11-19(21)20-12-6-8-14-22(20)23/h2-14,23-24H,15-17H2,1H3,(H,28,29)/t24-/m0/s1. The number of carboxylic acids is 1. The minimum atomic E-state index is -1.04. The van der Waals surface area contributed by atoms with Crippen LogP contribution in [0.4, 0.5) is 4.79 Å². The van der Waals surface area contributed by atoms with Gasteiger partial charge in [-0.1, -0.05) is 78.9 Å². The maximum absolute atomic E-state index is 12.7. The minimum Gasteiger partial charge on any atom is -0.480 e. The van der Waals surface area contributed by atoms with Crippen molar-refractivity contribution in [3.63, 3.8) is 0 Å². The van der Waals surface area contributed by atoms with E-state index in [0.29, 0.717) is 5.75 Å². The number of rotatable bonds is 8. The van der Waals surface area contributed by atoms with Crippen LogP contribution >= 0.6 is 11.8 Å². The van der Waals surface area contributed by atoms with E-state index in [1.54, 1.807) is 0 Å². The van der Waals surface area contributed by atoms with Gasteiger partial charge < -0.3 is 9.84 Å². The van der Waals surface area contributed by atoms with Crippen molar-refractivity contribution >= 4 is 23.8 Å². The first-order chi connectivity index (χ1) is 15.6. The first-order valence-electron chi connectivity index (χ1n) is 10.5. The largest absolute Gasteiger partial charge is 0.480 e. The van der Waals surface area contributed by atoms with Crippen LogP contribution in [0.5, 0.6) is 0 Å². The second kappa shape index (κ2) is 9.92. The Morgan fingerprint density at radius 3 is 2.09 bits per heavy atom. The highest BCUT2D eigenvalue weighted by Crippen LogP contribution is 2.44. The summed E-state index contributed by atoms with van der Waals surface area (Å²) in [6, 6.07) is 25.1. The second-order valence-electron chi connectivity index (χ2n) is 7.77. The molecular formula is C26H25NO4S. The van der Waals surface area contributed by atoms with Crippen LogP contribution in [0.2, 0.25) is 0 Å². The molecule has 1 amide bonds. The van der Waals surface area contributed by atoms with Crippen molar-refractivity contribution in [1.29, 1.82) is 0 Å². The van der Waals surface area contributed by atoms with Crippen molar-refractivity contribution in [2.45, 2.75) is 17.7 Å². The molecule has 3 aromatic rings.